The molecule has 0 aromatic heterocycles. The van der Waals surface area contributed by atoms with Gasteiger partial charge in [0.1, 0.15) is 0 Å². The molecular formula is C12H17ClN2O. The first kappa shape index (κ1) is 13.0. The first-order valence-electron chi connectivity index (χ1n) is 5.13. The molecule has 0 N–H and O–H groups in total. The Morgan fingerprint density at radius 1 is 1.25 bits per heavy atom. The summed E-state index contributed by atoms with van der Waals surface area (Å²) in [6.07, 6.45) is 0. The molecule has 0 aliphatic rings. The Bertz CT molecular complexity index is 366. The van der Waals surface area contributed by atoms with Gasteiger partial charge >= 0.3 is 0 Å². The number of carbonyl (C=O) groups excluding carboxylic acids is 1. The van der Waals surface area contributed by atoms with Crippen molar-refractivity contribution in [2.45, 2.75) is 6.54 Å². The second-order valence-electron chi connectivity index (χ2n) is 4.05. The average Bonchev–Trinajstić information content (AvgIpc) is 2.21. The van der Waals surface area contributed by atoms with E-state index in [1.54, 1.807) is 19.0 Å². The highest BCUT2D eigenvalue weighted by atomic mass is 35.5. The lowest BCUT2D eigenvalue weighted by atomic mass is 10.2. The Morgan fingerprint density at radius 2 is 1.88 bits per heavy atom. The van der Waals surface area contributed by atoms with Crippen molar-refractivity contribution in [1.29, 1.82) is 0 Å². The maximum absolute atomic E-state index is 11.5. The van der Waals surface area contributed by atoms with E-state index in [0.29, 0.717) is 13.1 Å². The SMILES string of the molecule is CN(CC(=O)N(C)C)Cc1ccccc1Cl. The minimum absolute atomic E-state index is 0.0922. The average molecular weight is 241 g/mol. The van der Waals surface area contributed by atoms with E-state index >= 15 is 0 Å². The summed E-state index contributed by atoms with van der Waals surface area (Å²) < 4.78 is 0. The molecule has 4 heteroatoms. The molecule has 0 saturated carbocycles. The lowest BCUT2D eigenvalue weighted by Crippen LogP contribution is -2.34. The molecule has 0 aliphatic carbocycles. The van der Waals surface area contributed by atoms with Crippen molar-refractivity contribution in [2.75, 3.05) is 27.7 Å². The maximum Gasteiger partial charge on any atom is 0.236 e. The van der Waals surface area contributed by atoms with Crippen molar-refractivity contribution < 1.29 is 4.79 Å². The molecular weight excluding hydrogens is 224 g/mol. The normalized spacial score (nSPS) is 10.6. The number of rotatable bonds is 4. The van der Waals surface area contributed by atoms with Crippen molar-refractivity contribution in [2.24, 2.45) is 0 Å². The summed E-state index contributed by atoms with van der Waals surface area (Å²) >= 11 is 6.05. The predicted molar refractivity (Wildman–Crippen MR) is 66.5 cm³/mol. The molecule has 0 bridgehead atoms. The molecule has 0 fully saturated rings. The summed E-state index contributed by atoms with van der Waals surface area (Å²) in [5.74, 6) is 0.0922. The third kappa shape index (κ3) is 3.83. The van der Waals surface area contributed by atoms with Gasteiger partial charge in [0.15, 0.2) is 0 Å². The molecule has 88 valence electrons. The third-order valence-corrected chi connectivity index (χ3v) is 2.67. The van der Waals surface area contributed by atoms with Crippen LogP contribution in [0.2, 0.25) is 5.02 Å². The second-order valence-corrected chi connectivity index (χ2v) is 4.46. The molecule has 0 spiro atoms. The Hall–Kier alpha value is -1.06. The Kier molecular flexibility index (Phi) is 4.77. The summed E-state index contributed by atoms with van der Waals surface area (Å²) in [5, 5.41) is 0.742. The van der Waals surface area contributed by atoms with Crippen molar-refractivity contribution in [3.8, 4) is 0 Å². The van der Waals surface area contributed by atoms with Gasteiger partial charge in [-0.2, -0.15) is 0 Å². The van der Waals surface area contributed by atoms with E-state index in [1.165, 1.54) is 0 Å². The van der Waals surface area contributed by atoms with E-state index in [0.717, 1.165) is 10.6 Å². The molecule has 1 amide bonds. The van der Waals surface area contributed by atoms with Crippen molar-refractivity contribution >= 4 is 17.5 Å². The Labute approximate surface area is 102 Å². The molecule has 1 aromatic carbocycles. The molecule has 0 aliphatic heterocycles. The van der Waals surface area contributed by atoms with Gasteiger partial charge in [-0.3, -0.25) is 9.69 Å². The highest BCUT2D eigenvalue weighted by Crippen LogP contribution is 2.16. The standard InChI is InChI=1S/C12H17ClN2O/c1-14(2)12(16)9-15(3)8-10-6-4-5-7-11(10)13/h4-7H,8-9H2,1-3H3. The summed E-state index contributed by atoms with van der Waals surface area (Å²) in [6, 6.07) is 7.68. The minimum atomic E-state index is 0.0922. The summed E-state index contributed by atoms with van der Waals surface area (Å²) in [4.78, 5) is 15.0. The quantitative estimate of drug-likeness (QED) is 0.802. The van der Waals surface area contributed by atoms with Gasteiger partial charge in [0.25, 0.3) is 0 Å². The lowest BCUT2D eigenvalue weighted by Gasteiger charge is -2.19. The van der Waals surface area contributed by atoms with Crippen molar-refractivity contribution in [3.05, 3.63) is 34.9 Å². The topological polar surface area (TPSA) is 23.6 Å². The zero-order valence-corrected chi connectivity index (χ0v) is 10.7. The van der Waals surface area contributed by atoms with Gasteiger partial charge in [0, 0.05) is 25.7 Å². The molecule has 3 nitrogen and oxygen atoms in total. The number of likely N-dealkylation sites (N-methyl/N-ethyl adjacent to an activating group) is 2. The molecule has 0 radical (unpaired) electrons. The van der Waals surface area contributed by atoms with Crippen molar-refractivity contribution in [1.82, 2.24) is 9.80 Å². The number of amides is 1. The van der Waals surface area contributed by atoms with Gasteiger partial charge in [-0.1, -0.05) is 29.8 Å². The number of hydrogen-bond acceptors (Lipinski definition) is 2. The number of hydrogen-bond donors (Lipinski definition) is 0. The number of halogens is 1. The van der Waals surface area contributed by atoms with Gasteiger partial charge in [0.05, 0.1) is 6.54 Å². The summed E-state index contributed by atoms with van der Waals surface area (Å²) in [7, 11) is 5.42. The molecule has 0 saturated heterocycles. The maximum atomic E-state index is 11.5. The van der Waals surface area contributed by atoms with E-state index in [-0.39, 0.29) is 5.91 Å². The highest BCUT2D eigenvalue weighted by Gasteiger charge is 2.09. The molecule has 1 rings (SSSR count). The summed E-state index contributed by atoms with van der Waals surface area (Å²) in [5.41, 5.74) is 1.04. The fourth-order valence-corrected chi connectivity index (χ4v) is 1.54. The zero-order chi connectivity index (χ0) is 12.1. The molecule has 1 aromatic rings. The smallest absolute Gasteiger partial charge is 0.236 e. The third-order valence-electron chi connectivity index (χ3n) is 2.30. The Balaban J connectivity index is 2.55. The van der Waals surface area contributed by atoms with Gasteiger partial charge in [0.2, 0.25) is 5.91 Å². The second kappa shape index (κ2) is 5.87. The van der Waals surface area contributed by atoms with Crippen LogP contribution in [0.25, 0.3) is 0 Å². The van der Waals surface area contributed by atoms with Crippen LogP contribution >= 0.6 is 11.6 Å². The van der Waals surface area contributed by atoms with Crippen LogP contribution in [0.3, 0.4) is 0 Å². The lowest BCUT2D eigenvalue weighted by molar-refractivity contribution is -0.129. The van der Waals surface area contributed by atoms with Gasteiger partial charge in [-0.05, 0) is 18.7 Å². The first-order chi connectivity index (χ1) is 7.50. The molecule has 16 heavy (non-hydrogen) atoms. The van der Waals surface area contributed by atoms with Gasteiger partial charge < -0.3 is 4.90 Å². The van der Waals surface area contributed by atoms with Gasteiger partial charge in [-0.25, -0.2) is 0 Å². The summed E-state index contributed by atoms with van der Waals surface area (Å²) in [6.45, 7) is 1.08. The minimum Gasteiger partial charge on any atom is -0.348 e. The first-order valence-corrected chi connectivity index (χ1v) is 5.50. The zero-order valence-electron chi connectivity index (χ0n) is 9.90. The predicted octanol–water partition coefficient (Wildman–Crippen LogP) is 1.86. The van der Waals surface area contributed by atoms with Crippen LogP contribution in [0, 0.1) is 0 Å². The molecule has 0 heterocycles. The van der Waals surface area contributed by atoms with Crippen LogP contribution in [0.15, 0.2) is 24.3 Å². The molecule has 0 atom stereocenters. The fraction of sp³-hybridized carbons (Fsp3) is 0.417. The number of nitrogens with zero attached hydrogens (tertiary/aromatic N) is 2. The van der Waals surface area contributed by atoms with Crippen LogP contribution < -0.4 is 0 Å². The van der Waals surface area contributed by atoms with Gasteiger partial charge in [-0.15, -0.1) is 0 Å². The monoisotopic (exact) mass is 240 g/mol. The molecule has 0 unspecified atom stereocenters. The fourth-order valence-electron chi connectivity index (χ4n) is 1.35. The number of carbonyl (C=O) groups is 1. The largest absolute Gasteiger partial charge is 0.348 e. The Morgan fingerprint density at radius 3 is 2.44 bits per heavy atom. The van der Waals surface area contributed by atoms with Crippen LogP contribution in [-0.4, -0.2) is 43.4 Å². The van der Waals surface area contributed by atoms with Crippen LogP contribution in [0.4, 0.5) is 0 Å². The van der Waals surface area contributed by atoms with E-state index in [2.05, 4.69) is 0 Å². The van der Waals surface area contributed by atoms with E-state index in [1.807, 2.05) is 36.2 Å². The van der Waals surface area contributed by atoms with E-state index in [4.69, 9.17) is 11.6 Å². The van der Waals surface area contributed by atoms with Crippen LogP contribution in [0.5, 0.6) is 0 Å². The van der Waals surface area contributed by atoms with Crippen LogP contribution in [0.1, 0.15) is 5.56 Å². The number of benzene rings is 1. The van der Waals surface area contributed by atoms with Crippen molar-refractivity contribution in [3.63, 3.8) is 0 Å². The van der Waals surface area contributed by atoms with Crippen LogP contribution in [-0.2, 0) is 11.3 Å². The van der Waals surface area contributed by atoms with E-state index in [9.17, 15) is 4.79 Å². The van der Waals surface area contributed by atoms with E-state index < -0.39 is 0 Å². The highest BCUT2D eigenvalue weighted by molar-refractivity contribution is 6.31.